The second kappa shape index (κ2) is 8.27. The maximum Gasteiger partial charge on any atom is 0.220 e. The molecule has 1 atom stereocenters. The van der Waals surface area contributed by atoms with Crippen molar-refractivity contribution in [1.29, 1.82) is 0 Å². The molecule has 2 heterocycles. The SMILES string of the molecule is CCc1ccc(OC[C@H](O)CN2CCc3ncnc(OC)c3C2)cc1. The van der Waals surface area contributed by atoms with E-state index in [-0.39, 0.29) is 6.61 Å². The third-order valence-electron chi connectivity index (χ3n) is 4.48. The first-order valence-corrected chi connectivity index (χ1v) is 8.68. The van der Waals surface area contributed by atoms with Gasteiger partial charge in [-0.2, -0.15) is 0 Å². The van der Waals surface area contributed by atoms with Crippen LogP contribution >= 0.6 is 0 Å². The number of nitrogens with zero attached hydrogens (tertiary/aromatic N) is 3. The highest BCUT2D eigenvalue weighted by Gasteiger charge is 2.23. The van der Waals surface area contributed by atoms with E-state index in [0.717, 1.165) is 36.4 Å². The first-order chi connectivity index (χ1) is 12.2. The van der Waals surface area contributed by atoms with E-state index in [0.29, 0.717) is 19.0 Å². The molecule has 0 spiro atoms. The van der Waals surface area contributed by atoms with Gasteiger partial charge in [-0.15, -0.1) is 0 Å². The topological polar surface area (TPSA) is 67.7 Å². The molecule has 3 rings (SSSR count). The van der Waals surface area contributed by atoms with Gasteiger partial charge in [-0.1, -0.05) is 19.1 Å². The molecule has 0 bridgehead atoms. The van der Waals surface area contributed by atoms with Gasteiger partial charge in [0.05, 0.1) is 12.8 Å². The van der Waals surface area contributed by atoms with Crippen LogP contribution in [0.3, 0.4) is 0 Å². The van der Waals surface area contributed by atoms with Crippen molar-refractivity contribution in [2.75, 3.05) is 26.8 Å². The van der Waals surface area contributed by atoms with Crippen molar-refractivity contribution in [3.63, 3.8) is 0 Å². The van der Waals surface area contributed by atoms with Gasteiger partial charge in [0, 0.05) is 31.6 Å². The number of hydrogen-bond donors (Lipinski definition) is 1. The minimum atomic E-state index is -0.553. The van der Waals surface area contributed by atoms with Gasteiger partial charge in [-0.25, -0.2) is 9.97 Å². The predicted molar refractivity (Wildman–Crippen MR) is 94.9 cm³/mol. The number of aryl methyl sites for hydroxylation is 1. The van der Waals surface area contributed by atoms with E-state index in [2.05, 4.69) is 33.9 Å². The first-order valence-electron chi connectivity index (χ1n) is 8.68. The smallest absolute Gasteiger partial charge is 0.220 e. The van der Waals surface area contributed by atoms with Crippen molar-refractivity contribution in [3.05, 3.63) is 47.4 Å². The number of rotatable bonds is 7. The number of fused-ring (bicyclic) bond motifs is 1. The van der Waals surface area contributed by atoms with Crippen molar-refractivity contribution in [2.45, 2.75) is 32.4 Å². The average Bonchev–Trinajstić information content (AvgIpc) is 2.66. The average molecular weight is 343 g/mol. The molecule has 0 radical (unpaired) electrons. The first kappa shape index (κ1) is 17.6. The monoisotopic (exact) mass is 343 g/mol. The summed E-state index contributed by atoms with van der Waals surface area (Å²) in [5.41, 5.74) is 3.32. The van der Waals surface area contributed by atoms with Crippen molar-refractivity contribution in [2.24, 2.45) is 0 Å². The highest BCUT2D eigenvalue weighted by molar-refractivity contribution is 5.31. The van der Waals surface area contributed by atoms with Crippen LogP contribution in [0.5, 0.6) is 11.6 Å². The number of ether oxygens (including phenoxy) is 2. The molecule has 1 N–H and O–H groups in total. The highest BCUT2D eigenvalue weighted by Crippen LogP contribution is 2.24. The summed E-state index contributed by atoms with van der Waals surface area (Å²) in [5.74, 6) is 1.41. The summed E-state index contributed by atoms with van der Waals surface area (Å²) >= 11 is 0. The Balaban J connectivity index is 1.52. The van der Waals surface area contributed by atoms with Crippen LogP contribution in [0.1, 0.15) is 23.7 Å². The molecule has 0 saturated carbocycles. The Morgan fingerprint density at radius 1 is 1.24 bits per heavy atom. The molecule has 0 amide bonds. The normalized spacial score (nSPS) is 15.5. The lowest BCUT2D eigenvalue weighted by Crippen LogP contribution is -2.39. The van der Waals surface area contributed by atoms with Crippen molar-refractivity contribution < 1.29 is 14.6 Å². The van der Waals surface area contributed by atoms with E-state index in [1.165, 1.54) is 5.56 Å². The van der Waals surface area contributed by atoms with Crippen LogP contribution in [-0.4, -0.2) is 52.9 Å². The minimum Gasteiger partial charge on any atom is -0.491 e. The van der Waals surface area contributed by atoms with E-state index in [4.69, 9.17) is 9.47 Å². The molecule has 0 unspecified atom stereocenters. The summed E-state index contributed by atoms with van der Waals surface area (Å²) in [6.45, 7) is 4.48. The summed E-state index contributed by atoms with van der Waals surface area (Å²) in [5, 5.41) is 10.3. The van der Waals surface area contributed by atoms with Gasteiger partial charge < -0.3 is 14.6 Å². The predicted octanol–water partition coefficient (Wildman–Crippen LogP) is 1.85. The number of aromatic nitrogens is 2. The van der Waals surface area contributed by atoms with Crippen LogP contribution in [0.15, 0.2) is 30.6 Å². The molecule has 25 heavy (non-hydrogen) atoms. The van der Waals surface area contributed by atoms with Gasteiger partial charge in [0.2, 0.25) is 5.88 Å². The van der Waals surface area contributed by atoms with Crippen LogP contribution in [0, 0.1) is 0 Å². The molecule has 0 saturated heterocycles. The van der Waals surface area contributed by atoms with E-state index >= 15 is 0 Å². The van der Waals surface area contributed by atoms with Gasteiger partial charge in [0.1, 0.15) is 24.8 Å². The van der Waals surface area contributed by atoms with Crippen molar-refractivity contribution in [1.82, 2.24) is 14.9 Å². The number of aliphatic hydroxyl groups excluding tert-OH is 1. The second-order valence-corrected chi connectivity index (χ2v) is 6.26. The summed E-state index contributed by atoms with van der Waals surface area (Å²) in [6.07, 6.45) is 2.83. The maximum atomic E-state index is 10.3. The summed E-state index contributed by atoms with van der Waals surface area (Å²) in [4.78, 5) is 10.7. The Bertz CT molecular complexity index is 677. The third-order valence-corrected chi connectivity index (χ3v) is 4.48. The number of β-amino-alcohol motifs (C(OH)–C–C–N with tert-alkyl or cyclic N) is 1. The molecule has 134 valence electrons. The number of aliphatic hydroxyl groups is 1. The molecule has 0 fully saturated rings. The van der Waals surface area contributed by atoms with Gasteiger partial charge in [0.15, 0.2) is 0 Å². The van der Waals surface area contributed by atoms with Crippen LogP contribution in [0.2, 0.25) is 0 Å². The Morgan fingerprint density at radius 3 is 2.76 bits per heavy atom. The Morgan fingerprint density at radius 2 is 2.04 bits per heavy atom. The number of hydrogen-bond acceptors (Lipinski definition) is 6. The largest absolute Gasteiger partial charge is 0.491 e. The fourth-order valence-corrected chi connectivity index (χ4v) is 3.07. The van der Waals surface area contributed by atoms with Gasteiger partial charge in [0.25, 0.3) is 0 Å². The van der Waals surface area contributed by atoms with Crippen LogP contribution in [0.4, 0.5) is 0 Å². The van der Waals surface area contributed by atoms with Gasteiger partial charge >= 0.3 is 0 Å². The van der Waals surface area contributed by atoms with E-state index < -0.39 is 6.10 Å². The highest BCUT2D eigenvalue weighted by atomic mass is 16.5. The zero-order valence-electron chi connectivity index (χ0n) is 14.8. The third kappa shape index (κ3) is 4.46. The molecule has 1 aromatic heterocycles. The molecule has 1 aliphatic heterocycles. The standard InChI is InChI=1S/C19H25N3O3/c1-3-14-4-6-16(7-5-14)25-12-15(23)10-22-9-8-18-17(11-22)19(24-2)21-13-20-18/h4-7,13,15,23H,3,8-12H2,1-2H3/t15-/m1/s1. The van der Waals surface area contributed by atoms with E-state index in [9.17, 15) is 5.11 Å². The molecule has 6 nitrogen and oxygen atoms in total. The lowest BCUT2D eigenvalue weighted by molar-refractivity contribution is 0.0630. The lowest BCUT2D eigenvalue weighted by Gasteiger charge is -2.30. The molecule has 2 aromatic rings. The fourth-order valence-electron chi connectivity index (χ4n) is 3.07. The van der Waals surface area contributed by atoms with Gasteiger partial charge in [-0.3, -0.25) is 4.90 Å². The summed E-state index contributed by atoms with van der Waals surface area (Å²) in [7, 11) is 1.62. The quantitative estimate of drug-likeness (QED) is 0.827. The van der Waals surface area contributed by atoms with Crippen molar-refractivity contribution >= 4 is 0 Å². The molecular weight excluding hydrogens is 318 g/mol. The number of methoxy groups -OCH3 is 1. The fraction of sp³-hybridized carbons (Fsp3) is 0.474. The number of benzene rings is 1. The molecule has 1 aromatic carbocycles. The zero-order chi connectivity index (χ0) is 17.6. The molecule has 6 heteroatoms. The summed E-state index contributed by atoms with van der Waals surface area (Å²) in [6, 6.07) is 8.00. The van der Waals surface area contributed by atoms with Crippen LogP contribution in [-0.2, 0) is 19.4 Å². The summed E-state index contributed by atoms with van der Waals surface area (Å²) < 4.78 is 11.0. The molecular formula is C19H25N3O3. The Kier molecular flexibility index (Phi) is 5.83. The Labute approximate surface area is 148 Å². The van der Waals surface area contributed by atoms with E-state index in [1.54, 1.807) is 13.4 Å². The van der Waals surface area contributed by atoms with Crippen LogP contribution < -0.4 is 9.47 Å². The van der Waals surface area contributed by atoms with Crippen LogP contribution in [0.25, 0.3) is 0 Å². The zero-order valence-corrected chi connectivity index (χ0v) is 14.8. The molecule has 0 aliphatic carbocycles. The van der Waals surface area contributed by atoms with E-state index in [1.807, 2.05) is 12.1 Å². The minimum absolute atomic E-state index is 0.275. The maximum absolute atomic E-state index is 10.3. The second-order valence-electron chi connectivity index (χ2n) is 6.26. The lowest BCUT2D eigenvalue weighted by atomic mass is 10.1. The van der Waals surface area contributed by atoms with Crippen molar-refractivity contribution in [3.8, 4) is 11.6 Å². The Hall–Kier alpha value is -2.18. The molecule has 1 aliphatic rings. The van der Waals surface area contributed by atoms with Gasteiger partial charge in [-0.05, 0) is 24.1 Å².